The second kappa shape index (κ2) is 8.27. The molecule has 2 aromatic carbocycles. The van der Waals surface area contributed by atoms with E-state index in [0.29, 0.717) is 17.3 Å². The third-order valence-corrected chi connectivity index (χ3v) is 4.97. The van der Waals surface area contributed by atoms with Gasteiger partial charge in [0.15, 0.2) is 5.84 Å². The van der Waals surface area contributed by atoms with E-state index in [2.05, 4.69) is 23.7 Å². The highest BCUT2D eigenvalue weighted by molar-refractivity contribution is 7.79. The maximum Gasteiger partial charge on any atom is 0.168 e. The van der Waals surface area contributed by atoms with E-state index in [0.717, 1.165) is 35.2 Å². The standard InChI is InChI=1S/C22H23N3O2S/c1-4-14-7-6-8-19(16(14)5-2)25(13-28)22(24-23-3)18-11-17(15-9-10-15)20(26)12-21(18)27/h4-8,11-13,15,23,26-27H,1-2,9-10H2,3H3/b24-22-. The topological polar surface area (TPSA) is 68.1 Å². The van der Waals surface area contributed by atoms with Crippen molar-refractivity contribution < 1.29 is 10.2 Å². The Morgan fingerprint density at radius 2 is 1.96 bits per heavy atom. The number of phenols is 2. The maximum absolute atomic E-state index is 10.6. The van der Waals surface area contributed by atoms with Crippen LogP contribution in [0.5, 0.6) is 11.5 Å². The molecule has 3 rings (SSSR count). The predicted molar refractivity (Wildman–Crippen MR) is 120 cm³/mol. The number of anilines is 1. The van der Waals surface area contributed by atoms with E-state index in [1.165, 1.54) is 11.6 Å². The van der Waals surface area contributed by atoms with Gasteiger partial charge in [-0.05, 0) is 42.0 Å². The number of nitrogens with one attached hydrogen (secondary N) is 1. The minimum Gasteiger partial charge on any atom is -0.508 e. The van der Waals surface area contributed by atoms with E-state index in [1.54, 1.807) is 30.2 Å². The largest absolute Gasteiger partial charge is 0.508 e. The van der Waals surface area contributed by atoms with Gasteiger partial charge in [-0.15, -0.1) is 0 Å². The Morgan fingerprint density at radius 3 is 2.54 bits per heavy atom. The fraction of sp³-hybridized carbons (Fsp3) is 0.182. The lowest BCUT2D eigenvalue weighted by atomic mass is 10.0. The summed E-state index contributed by atoms with van der Waals surface area (Å²) in [7, 11) is 1.68. The van der Waals surface area contributed by atoms with Gasteiger partial charge in [0, 0.05) is 18.7 Å². The number of nitrogens with zero attached hydrogens (tertiary/aromatic N) is 2. The van der Waals surface area contributed by atoms with Gasteiger partial charge in [0.2, 0.25) is 0 Å². The smallest absolute Gasteiger partial charge is 0.168 e. The molecule has 0 unspecified atom stereocenters. The Morgan fingerprint density at radius 1 is 1.21 bits per heavy atom. The summed E-state index contributed by atoms with van der Waals surface area (Å²) in [6.07, 6.45) is 5.53. The molecule has 0 atom stereocenters. The van der Waals surface area contributed by atoms with Crippen LogP contribution < -0.4 is 10.3 Å². The van der Waals surface area contributed by atoms with Gasteiger partial charge in [-0.3, -0.25) is 4.90 Å². The monoisotopic (exact) mass is 393 g/mol. The van der Waals surface area contributed by atoms with Crippen LogP contribution >= 0.6 is 12.2 Å². The number of rotatable bonds is 7. The number of amidine groups is 1. The van der Waals surface area contributed by atoms with Crippen LogP contribution in [0.15, 0.2) is 48.6 Å². The molecule has 0 saturated heterocycles. The molecule has 0 aromatic heterocycles. The zero-order chi connectivity index (χ0) is 20.3. The van der Waals surface area contributed by atoms with Gasteiger partial charge in [-0.2, -0.15) is 5.10 Å². The number of benzene rings is 2. The first-order valence-corrected chi connectivity index (χ1v) is 9.45. The van der Waals surface area contributed by atoms with Crippen molar-refractivity contribution in [2.24, 2.45) is 5.10 Å². The molecule has 0 aliphatic heterocycles. The fourth-order valence-corrected chi connectivity index (χ4v) is 3.46. The number of hydrogen-bond acceptors (Lipinski definition) is 5. The molecule has 1 aliphatic carbocycles. The predicted octanol–water partition coefficient (Wildman–Crippen LogP) is 4.61. The quantitative estimate of drug-likeness (QED) is 0.277. The molecule has 0 bridgehead atoms. The number of thiocarbonyl (C=S) groups is 1. The SMILES string of the molecule is C=Cc1cccc(N(C=S)/C(=N\NC)c2cc(C3CC3)c(O)cc2O)c1C=C. The van der Waals surface area contributed by atoms with E-state index in [-0.39, 0.29) is 11.5 Å². The van der Waals surface area contributed by atoms with Crippen LogP contribution in [0, 0.1) is 0 Å². The molecule has 28 heavy (non-hydrogen) atoms. The van der Waals surface area contributed by atoms with Crippen LogP contribution in [0.3, 0.4) is 0 Å². The molecule has 1 saturated carbocycles. The lowest BCUT2D eigenvalue weighted by Crippen LogP contribution is -2.32. The fourth-order valence-electron chi connectivity index (χ4n) is 3.25. The third kappa shape index (κ3) is 3.64. The minimum atomic E-state index is -0.0715. The van der Waals surface area contributed by atoms with Gasteiger partial charge in [0.25, 0.3) is 0 Å². The Labute approximate surface area is 170 Å². The lowest BCUT2D eigenvalue weighted by Gasteiger charge is -2.25. The maximum atomic E-state index is 10.6. The van der Waals surface area contributed by atoms with Crippen molar-refractivity contribution in [3.63, 3.8) is 0 Å². The molecular weight excluding hydrogens is 370 g/mol. The van der Waals surface area contributed by atoms with Crippen molar-refractivity contribution in [3.05, 3.63) is 65.7 Å². The van der Waals surface area contributed by atoms with Gasteiger partial charge < -0.3 is 15.6 Å². The molecule has 1 fully saturated rings. The number of phenolic OH excluding ortho intramolecular Hbond substituents is 2. The molecule has 0 radical (unpaired) electrons. The second-order valence-corrected chi connectivity index (χ2v) is 6.74. The average molecular weight is 394 g/mol. The lowest BCUT2D eigenvalue weighted by molar-refractivity contribution is 0.445. The van der Waals surface area contributed by atoms with Crippen LogP contribution in [0.4, 0.5) is 5.69 Å². The molecule has 6 heteroatoms. The van der Waals surface area contributed by atoms with Crippen LogP contribution in [0.1, 0.15) is 41.0 Å². The molecule has 3 N–H and O–H groups in total. The Balaban J connectivity index is 2.19. The van der Waals surface area contributed by atoms with Crippen LogP contribution in [0.25, 0.3) is 12.2 Å². The van der Waals surface area contributed by atoms with Crippen molar-refractivity contribution in [2.75, 3.05) is 11.9 Å². The van der Waals surface area contributed by atoms with Crippen LogP contribution in [-0.4, -0.2) is 28.6 Å². The first-order valence-electron chi connectivity index (χ1n) is 8.98. The van der Waals surface area contributed by atoms with E-state index < -0.39 is 0 Å². The first-order chi connectivity index (χ1) is 13.5. The number of aromatic hydroxyl groups is 2. The Kier molecular flexibility index (Phi) is 5.80. The van der Waals surface area contributed by atoms with Crippen molar-refractivity contribution >= 4 is 41.4 Å². The van der Waals surface area contributed by atoms with Crippen molar-refractivity contribution in [1.82, 2.24) is 5.43 Å². The molecule has 0 heterocycles. The molecule has 144 valence electrons. The van der Waals surface area contributed by atoms with Gasteiger partial charge >= 0.3 is 0 Å². The Bertz CT molecular complexity index is 964. The molecule has 5 nitrogen and oxygen atoms in total. The number of hydrazone groups is 1. The number of hydrogen-bond donors (Lipinski definition) is 3. The molecule has 0 spiro atoms. The molecular formula is C22H23N3O2S. The molecule has 0 amide bonds. The highest BCUT2D eigenvalue weighted by Crippen LogP contribution is 2.46. The summed E-state index contributed by atoms with van der Waals surface area (Å²) in [4.78, 5) is 1.71. The highest BCUT2D eigenvalue weighted by atomic mass is 32.1. The van der Waals surface area contributed by atoms with Gasteiger partial charge in [-0.1, -0.05) is 49.7 Å². The van der Waals surface area contributed by atoms with Crippen molar-refractivity contribution in [2.45, 2.75) is 18.8 Å². The van der Waals surface area contributed by atoms with E-state index in [4.69, 9.17) is 12.2 Å². The van der Waals surface area contributed by atoms with E-state index in [1.807, 2.05) is 18.2 Å². The molecule has 1 aliphatic rings. The zero-order valence-electron chi connectivity index (χ0n) is 15.7. The van der Waals surface area contributed by atoms with Crippen molar-refractivity contribution in [1.29, 1.82) is 0 Å². The van der Waals surface area contributed by atoms with E-state index in [9.17, 15) is 10.2 Å². The highest BCUT2D eigenvalue weighted by Gasteiger charge is 2.29. The minimum absolute atomic E-state index is 0.0715. The Hall–Kier alpha value is -3.12. The second-order valence-electron chi connectivity index (χ2n) is 6.53. The summed E-state index contributed by atoms with van der Waals surface area (Å²) in [6.45, 7) is 7.76. The summed E-state index contributed by atoms with van der Waals surface area (Å²) >= 11 is 5.30. The normalized spacial score (nSPS) is 13.7. The van der Waals surface area contributed by atoms with Gasteiger partial charge in [0.05, 0.1) is 16.7 Å². The summed E-state index contributed by atoms with van der Waals surface area (Å²) in [5.74, 6) is 0.754. The first kappa shape index (κ1) is 19.6. The summed E-state index contributed by atoms with van der Waals surface area (Å²) in [5, 5.41) is 25.2. The zero-order valence-corrected chi connectivity index (χ0v) is 16.5. The van der Waals surface area contributed by atoms with Gasteiger partial charge in [-0.25, -0.2) is 0 Å². The molecule has 2 aromatic rings. The summed E-state index contributed by atoms with van der Waals surface area (Å²) in [5.41, 5.74) is 8.06. The van der Waals surface area contributed by atoms with Crippen molar-refractivity contribution in [3.8, 4) is 11.5 Å². The summed E-state index contributed by atoms with van der Waals surface area (Å²) in [6, 6.07) is 8.89. The third-order valence-electron chi connectivity index (χ3n) is 4.75. The van der Waals surface area contributed by atoms with E-state index >= 15 is 0 Å². The van der Waals surface area contributed by atoms with Crippen LogP contribution in [0.2, 0.25) is 0 Å². The van der Waals surface area contributed by atoms with Gasteiger partial charge in [0.1, 0.15) is 11.5 Å². The summed E-state index contributed by atoms with van der Waals surface area (Å²) < 4.78 is 0. The average Bonchev–Trinajstić information content (AvgIpc) is 3.53. The van der Waals surface area contributed by atoms with Crippen LogP contribution in [-0.2, 0) is 0 Å².